The summed E-state index contributed by atoms with van der Waals surface area (Å²) in [6.45, 7) is -2.70. The molecule has 4 atom stereocenters. The first kappa shape index (κ1) is 41.4. The molecule has 7 amide bonds. The van der Waals surface area contributed by atoms with Crippen molar-refractivity contribution in [1.82, 2.24) is 31.9 Å². The molecule has 0 spiro atoms. The minimum absolute atomic E-state index is 0.00600. The Balaban J connectivity index is 5.52. The number of hydrogen-bond donors (Lipinski definition) is 13. The molecule has 264 valence electrons. The molecule has 0 aromatic heterocycles. The molecule has 0 heterocycles. The second-order valence-electron chi connectivity index (χ2n) is 9.63. The Labute approximate surface area is 267 Å². The van der Waals surface area contributed by atoms with Crippen LogP contribution in [-0.4, -0.2) is 132 Å². The topological polar surface area (TPSA) is 403 Å². The van der Waals surface area contributed by atoms with E-state index in [1.165, 1.54) is 0 Å². The molecule has 0 unspecified atom stereocenters. The van der Waals surface area contributed by atoms with Crippen LogP contribution in [0.4, 0.5) is 0 Å². The standard InChI is InChI=1S/C24H41N11O12/c25-7-16(38)33-14(10-36)20(43)31-8-17(39)30-9-18(40)32-12(3-4-19(41)42)22(45)34-11(2-1-5-29-24(27)28)21(44)35-13(23(46)47)6-15(26)37/h11-14,36H,1-10,25H2,(H2,26,37)(H,30,39)(H,31,43)(H,32,40)(H,33,38)(H,34,45)(H,35,44)(H,41,42)(H,46,47)(H4,27,28,29)/t11-,12-,13-,14-/m0/s1. The third kappa shape index (κ3) is 18.7. The van der Waals surface area contributed by atoms with Crippen molar-refractivity contribution in [1.29, 1.82) is 0 Å². The quantitative estimate of drug-likeness (QED) is 0.0272. The highest BCUT2D eigenvalue weighted by Gasteiger charge is 2.30. The van der Waals surface area contributed by atoms with Crippen LogP contribution in [0, 0.1) is 0 Å². The molecular weight excluding hydrogens is 634 g/mol. The molecule has 0 saturated carbocycles. The van der Waals surface area contributed by atoms with Crippen molar-refractivity contribution in [3.63, 3.8) is 0 Å². The van der Waals surface area contributed by atoms with E-state index < -0.39 is 123 Å². The number of carbonyl (C=O) groups excluding carboxylic acids is 7. The van der Waals surface area contributed by atoms with Crippen molar-refractivity contribution >= 4 is 59.2 Å². The van der Waals surface area contributed by atoms with Crippen LogP contribution in [0.25, 0.3) is 0 Å². The molecule has 0 aliphatic carbocycles. The number of nitrogens with zero attached hydrogens (tertiary/aromatic N) is 1. The van der Waals surface area contributed by atoms with E-state index in [9.17, 15) is 53.4 Å². The van der Waals surface area contributed by atoms with Gasteiger partial charge in [-0.2, -0.15) is 0 Å². The van der Waals surface area contributed by atoms with E-state index in [2.05, 4.69) is 36.9 Å². The molecule has 17 N–H and O–H groups in total. The van der Waals surface area contributed by atoms with E-state index in [0.29, 0.717) is 0 Å². The summed E-state index contributed by atoms with van der Waals surface area (Å²) in [5.74, 6) is -9.91. The number of rotatable bonds is 23. The number of guanidine groups is 1. The lowest BCUT2D eigenvalue weighted by molar-refractivity contribution is -0.143. The highest BCUT2D eigenvalue weighted by Crippen LogP contribution is 2.05. The summed E-state index contributed by atoms with van der Waals surface area (Å²) in [4.78, 5) is 112. The number of aliphatic carboxylic acids is 2. The summed E-state index contributed by atoms with van der Waals surface area (Å²) in [7, 11) is 0. The first-order valence-electron chi connectivity index (χ1n) is 13.8. The Hall–Kier alpha value is -5.58. The Bertz CT molecular complexity index is 1190. The smallest absolute Gasteiger partial charge is 0.326 e. The number of aliphatic imine (C=N–C) groups is 1. The molecule has 0 saturated heterocycles. The normalized spacial score (nSPS) is 12.9. The maximum absolute atomic E-state index is 13.1. The molecule has 0 aromatic rings. The van der Waals surface area contributed by atoms with Crippen molar-refractivity contribution < 1.29 is 58.5 Å². The van der Waals surface area contributed by atoms with Gasteiger partial charge in [-0.25, -0.2) is 4.79 Å². The van der Waals surface area contributed by atoms with Crippen LogP contribution in [0.15, 0.2) is 4.99 Å². The molecule has 0 aliphatic rings. The van der Waals surface area contributed by atoms with Crippen molar-refractivity contribution in [2.24, 2.45) is 27.9 Å². The first-order chi connectivity index (χ1) is 22.0. The summed E-state index contributed by atoms with van der Waals surface area (Å²) in [6.07, 6.45) is -1.96. The van der Waals surface area contributed by atoms with Gasteiger partial charge in [0.15, 0.2) is 5.96 Å². The molecule has 0 bridgehead atoms. The zero-order valence-corrected chi connectivity index (χ0v) is 25.2. The monoisotopic (exact) mass is 675 g/mol. The summed E-state index contributed by atoms with van der Waals surface area (Å²) < 4.78 is 0. The van der Waals surface area contributed by atoms with Crippen LogP contribution in [0.3, 0.4) is 0 Å². The van der Waals surface area contributed by atoms with Crippen molar-refractivity contribution in [3.8, 4) is 0 Å². The van der Waals surface area contributed by atoms with Gasteiger partial charge in [-0.05, 0) is 19.3 Å². The van der Waals surface area contributed by atoms with E-state index in [1.807, 2.05) is 0 Å². The number of nitrogens with one attached hydrogen (secondary N) is 6. The minimum Gasteiger partial charge on any atom is -0.481 e. The highest BCUT2D eigenvalue weighted by molar-refractivity contribution is 5.95. The molecule has 0 aliphatic heterocycles. The molecular formula is C24H41N11O12. The molecule has 23 nitrogen and oxygen atoms in total. The summed E-state index contributed by atoms with van der Waals surface area (Å²) in [5, 5.41) is 40.6. The Morgan fingerprint density at radius 2 is 1.21 bits per heavy atom. The Morgan fingerprint density at radius 1 is 0.660 bits per heavy atom. The fraction of sp³-hybridized carbons (Fsp3) is 0.583. The lowest BCUT2D eigenvalue weighted by atomic mass is 10.1. The second-order valence-corrected chi connectivity index (χ2v) is 9.63. The average molecular weight is 676 g/mol. The van der Waals surface area contributed by atoms with Gasteiger partial charge in [-0.15, -0.1) is 0 Å². The molecule has 0 aromatic carbocycles. The largest absolute Gasteiger partial charge is 0.481 e. The third-order valence-corrected chi connectivity index (χ3v) is 5.79. The van der Waals surface area contributed by atoms with Crippen molar-refractivity contribution in [2.45, 2.75) is 56.3 Å². The molecule has 0 rings (SSSR count). The zero-order chi connectivity index (χ0) is 36.1. The summed E-state index contributed by atoms with van der Waals surface area (Å²) in [6, 6.07) is -6.18. The Kier molecular flexibility index (Phi) is 19.4. The lowest BCUT2D eigenvalue weighted by Crippen LogP contribution is -2.57. The van der Waals surface area contributed by atoms with Gasteiger partial charge >= 0.3 is 11.9 Å². The summed E-state index contributed by atoms with van der Waals surface area (Å²) >= 11 is 0. The number of amides is 7. The number of carboxylic acids is 2. The van der Waals surface area contributed by atoms with Gasteiger partial charge in [0.05, 0.1) is 32.7 Å². The minimum atomic E-state index is -1.74. The van der Waals surface area contributed by atoms with Gasteiger partial charge < -0.3 is 70.2 Å². The number of aliphatic hydroxyl groups excluding tert-OH is 1. The number of carbonyl (C=O) groups is 9. The molecule has 47 heavy (non-hydrogen) atoms. The second kappa shape index (κ2) is 22.0. The number of carboxylic acid groups (broad SMARTS) is 2. The zero-order valence-electron chi connectivity index (χ0n) is 25.2. The SMILES string of the molecule is NCC(=O)N[C@@H](CO)C(=O)NCC(=O)NCC(=O)N[C@@H](CCC(=O)O)C(=O)N[C@@H](CCCN=C(N)N)C(=O)N[C@@H](CC(N)=O)C(=O)O. The van der Waals surface area contributed by atoms with E-state index in [0.717, 1.165) is 0 Å². The van der Waals surface area contributed by atoms with Gasteiger partial charge in [-0.3, -0.25) is 43.3 Å². The van der Waals surface area contributed by atoms with Crippen molar-refractivity contribution in [3.05, 3.63) is 0 Å². The van der Waals surface area contributed by atoms with Crippen molar-refractivity contribution in [2.75, 3.05) is 32.8 Å². The van der Waals surface area contributed by atoms with Gasteiger partial charge in [0.25, 0.3) is 0 Å². The molecule has 0 fully saturated rings. The fourth-order valence-corrected chi connectivity index (χ4v) is 3.48. The van der Waals surface area contributed by atoms with Crippen LogP contribution < -0.4 is 54.8 Å². The predicted molar refractivity (Wildman–Crippen MR) is 158 cm³/mol. The lowest BCUT2D eigenvalue weighted by Gasteiger charge is -2.24. The van der Waals surface area contributed by atoms with Gasteiger partial charge in [0, 0.05) is 13.0 Å². The van der Waals surface area contributed by atoms with Crippen LogP contribution in [0.2, 0.25) is 0 Å². The van der Waals surface area contributed by atoms with Crippen LogP contribution in [-0.2, 0) is 43.2 Å². The highest BCUT2D eigenvalue weighted by atomic mass is 16.4. The number of nitrogens with two attached hydrogens (primary N) is 4. The van der Waals surface area contributed by atoms with Gasteiger partial charge in [0.2, 0.25) is 41.4 Å². The summed E-state index contributed by atoms with van der Waals surface area (Å²) in [5.41, 5.74) is 20.7. The third-order valence-electron chi connectivity index (χ3n) is 5.79. The number of aliphatic hydroxyl groups is 1. The van der Waals surface area contributed by atoms with Gasteiger partial charge in [-0.1, -0.05) is 0 Å². The number of primary amides is 1. The maximum atomic E-state index is 13.1. The molecule has 23 heteroatoms. The van der Waals surface area contributed by atoms with E-state index in [4.69, 9.17) is 28.0 Å². The fourth-order valence-electron chi connectivity index (χ4n) is 3.48. The average Bonchev–Trinajstić information content (AvgIpc) is 2.99. The van der Waals surface area contributed by atoms with Crippen LogP contribution in [0.1, 0.15) is 32.1 Å². The predicted octanol–water partition coefficient (Wildman–Crippen LogP) is -8.01. The van der Waals surface area contributed by atoms with E-state index in [1.54, 1.807) is 0 Å². The van der Waals surface area contributed by atoms with Gasteiger partial charge in [0.1, 0.15) is 24.2 Å². The molecule has 0 radical (unpaired) electrons. The van der Waals surface area contributed by atoms with Crippen LogP contribution in [0.5, 0.6) is 0 Å². The Morgan fingerprint density at radius 3 is 1.72 bits per heavy atom. The number of hydrogen-bond acceptors (Lipinski definition) is 12. The van der Waals surface area contributed by atoms with E-state index >= 15 is 0 Å². The first-order valence-corrected chi connectivity index (χ1v) is 13.8. The van der Waals surface area contributed by atoms with Crippen LogP contribution >= 0.6 is 0 Å². The maximum Gasteiger partial charge on any atom is 0.326 e. The van der Waals surface area contributed by atoms with E-state index in [-0.39, 0.29) is 25.3 Å².